The zero-order valence-electron chi connectivity index (χ0n) is 31.2. The molecule has 0 saturated heterocycles. The number of imide groups is 2. The van der Waals surface area contributed by atoms with Crippen molar-refractivity contribution in [3.8, 4) is 0 Å². The Morgan fingerprint density at radius 2 is 1.12 bits per heavy atom. The number of isocyanates is 1. The number of hydrogen-bond donors (Lipinski definition) is 2. The van der Waals surface area contributed by atoms with Gasteiger partial charge in [0.25, 0.3) is 28.9 Å². The van der Waals surface area contributed by atoms with Gasteiger partial charge in [-0.1, -0.05) is 11.8 Å². The van der Waals surface area contributed by atoms with Gasteiger partial charge in [-0.25, -0.2) is 9.79 Å². The third-order valence-electron chi connectivity index (χ3n) is 7.71. The molecule has 0 fully saturated rings. The quantitative estimate of drug-likeness (QED) is 0.0342. The van der Waals surface area contributed by atoms with Crippen molar-refractivity contribution in [3.05, 3.63) is 24.3 Å². The number of nitrogens with zero attached hydrogens (tertiary/aromatic N) is 3. The van der Waals surface area contributed by atoms with Gasteiger partial charge in [-0.05, 0) is 57.1 Å². The maximum absolute atomic E-state index is 11.8. The molecule has 0 aromatic heterocycles. The second kappa shape index (κ2) is 29.9. The number of carbonyl (C=O) groups is 5. The Hall–Kier alpha value is -2.50. The van der Waals surface area contributed by atoms with Crippen LogP contribution in [0.25, 0.3) is 0 Å². The maximum Gasteiger partial charge on any atom is 0.500 e. The van der Waals surface area contributed by atoms with E-state index in [1.54, 1.807) is 42.7 Å². The van der Waals surface area contributed by atoms with Crippen LogP contribution in [0.15, 0.2) is 29.3 Å². The number of aliphatic imine (C=N–C) groups is 1. The largest absolute Gasteiger partial charge is 0.500 e. The highest BCUT2D eigenvalue weighted by molar-refractivity contribution is 8.13. The minimum absolute atomic E-state index is 0.0568. The maximum atomic E-state index is 11.8. The molecule has 0 saturated carbocycles. The van der Waals surface area contributed by atoms with Gasteiger partial charge < -0.3 is 31.9 Å². The van der Waals surface area contributed by atoms with Crippen LogP contribution in [0.1, 0.15) is 51.4 Å². The Labute approximate surface area is 319 Å². The number of thiol groups is 1. The van der Waals surface area contributed by atoms with Gasteiger partial charge in [0.15, 0.2) is 0 Å². The molecule has 0 unspecified atom stereocenters. The first-order valence-corrected chi connectivity index (χ1v) is 22.4. The SMILES string of the molecule is CO[Si](CCCS)(OC)OC.CO[Si](CCCSC(=O)NCCCCCN1C(=O)C=CC1=O)(OC)OC.O=C=NCCCCCN1C(=O)C=CC1=O. The van der Waals surface area contributed by atoms with Gasteiger partial charge in [0, 0.05) is 104 Å². The number of carbonyl (C=O) groups excluding carboxylic acids is 6. The first-order chi connectivity index (χ1) is 25.0. The molecule has 0 aromatic rings. The lowest BCUT2D eigenvalue weighted by atomic mass is 10.2. The summed E-state index contributed by atoms with van der Waals surface area (Å²) in [5, 5.41) is 2.79. The molecule has 16 nitrogen and oxygen atoms in total. The van der Waals surface area contributed by atoms with Gasteiger partial charge in [-0.2, -0.15) is 12.6 Å². The normalized spacial score (nSPS) is 13.9. The van der Waals surface area contributed by atoms with Crippen LogP contribution in [-0.4, -0.2) is 143 Å². The minimum atomic E-state index is -2.55. The minimum Gasteiger partial charge on any atom is -0.377 e. The highest BCUT2D eigenvalue weighted by Gasteiger charge is 2.37. The molecule has 52 heavy (non-hydrogen) atoms. The van der Waals surface area contributed by atoms with E-state index >= 15 is 0 Å². The van der Waals surface area contributed by atoms with E-state index in [0.29, 0.717) is 38.0 Å². The number of amides is 5. The standard InChI is InChI=1S/C16H28N2O6SSi.C10H12N2O3.C6H16O3SSi/c1-22-26(23-2,24-3)13-7-12-25-16(21)17-10-5-4-6-11-18-14(19)8-9-15(18)20;13-8-11-6-2-1-3-7-12-9(14)4-5-10(12)15;1-7-11(8-2,9-3)6-4-5-10/h8-9H,4-7,10-13H2,1-3H3,(H,17,21);4-5H,1-3,6-7H2;10H,4-6H2,1-3H3. The smallest absolute Gasteiger partial charge is 0.377 e. The van der Waals surface area contributed by atoms with E-state index in [-0.39, 0.29) is 28.9 Å². The summed E-state index contributed by atoms with van der Waals surface area (Å²) in [5.74, 6) is 0.523. The number of rotatable bonds is 25. The third kappa shape index (κ3) is 20.1. The van der Waals surface area contributed by atoms with Gasteiger partial charge in [0.05, 0.1) is 6.54 Å². The summed E-state index contributed by atoms with van der Waals surface area (Å²) in [7, 11) is 4.75. The molecule has 2 heterocycles. The lowest BCUT2D eigenvalue weighted by Gasteiger charge is -2.23. The monoisotopic (exact) mass is 808 g/mol. The third-order valence-corrected chi connectivity index (χ3v) is 14.6. The van der Waals surface area contributed by atoms with Crippen molar-refractivity contribution < 1.29 is 55.3 Å². The second-order valence-electron chi connectivity index (χ2n) is 11.0. The molecule has 20 heteroatoms. The predicted molar refractivity (Wildman–Crippen MR) is 205 cm³/mol. The van der Waals surface area contributed by atoms with E-state index in [9.17, 15) is 28.8 Å². The van der Waals surface area contributed by atoms with Crippen molar-refractivity contribution in [1.29, 1.82) is 0 Å². The first-order valence-electron chi connectivity index (χ1n) is 16.9. The highest BCUT2D eigenvalue weighted by atomic mass is 32.2. The molecular weight excluding hydrogens is 753 g/mol. The summed E-state index contributed by atoms with van der Waals surface area (Å²) in [5.41, 5.74) is 0. The Morgan fingerprint density at radius 3 is 1.52 bits per heavy atom. The molecule has 0 spiro atoms. The van der Waals surface area contributed by atoms with E-state index in [1.165, 1.54) is 51.9 Å². The van der Waals surface area contributed by atoms with Crippen LogP contribution in [0.2, 0.25) is 12.1 Å². The van der Waals surface area contributed by atoms with Crippen LogP contribution in [-0.2, 0) is 50.5 Å². The Balaban J connectivity index is 0.000000841. The van der Waals surface area contributed by atoms with Crippen molar-refractivity contribution in [3.63, 3.8) is 0 Å². The Morgan fingerprint density at radius 1 is 0.692 bits per heavy atom. The molecule has 296 valence electrons. The molecule has 0 bridgehead atoms. The average Bonchev–Trinajstić information content (AvgIpc) is 3.66. The van der Waals surface area contributed by atoms with E-state index in [4.69, 9.17) is 26.6 Å². The second-order valence-corrected chi connectivity index (χ2v) is 18.7. The summed E-state index contributed by atoms with van der Waals surface area (Å²) in [6, 6.07) is 1.50. The lowest BCUT2D eigenvalue weighted by Crippen LogP contribution is -2.42. The number of unbranched alkanes of at least 4 members (excludes halogenated alkanes) is 4. The molecule has 2 aliphatic rings. The summed E-state index contributed by atoms with van der Waals surface area (Å²) >= 11 is 5.34. The topological polar surface area (TPSA) is 189 Å². The highest BCUT2D eigenvalue weighted by Crippen LogP contribution is 2.18. The molecule has 0 aliphatic carbocycles. The predicted octanol–water partition coefficient (Wildman–Crippen LogP) is 3.39. The van der Waals surface area contributed by atoms with Crippen LogP contribution < -0.4 is 5.32 Å². The zero-order valence-corrected chi connectivity index (χ0v) is 34.9. The zero-order chi connectivity index (χ0) is 39.3. The fourth-order valence-electron chi connectivity index (χ4n) is 4.66. The van der Waals surface area contributed by atoms with E-state index in [1.807, 2.05) is 0 Å². The van der Waals surface area contributed by atoms with Gasteiger partial charge in [0.1, 0.15) is 0 Å². The summed E-state index contributed by atoms with van der Waals surface area (Å²) in [4.78, 5) is 72.3. The van der Waals surface area contributed by atoms with E-state index < -0.39 is 17.6 Å². The van der Waals surface area contributed by atoms with Crippen LogP contribution in [0.5, 0.6) is 0 Å². The van der Waals surface area contributed by atoms with Crippen molar-refractivity contribution in [2.75, 3.05) is 80.3 Å². The molecule has 2 rings (SSSR count). The number of hydrogen-bond acceptors (Lipinski definition) is 15. The lowest BCUT2D eigenvalue weighted by molar-refractivity contribution is -0.138. The van der Waals surface area contributed by atoms with Crippen LogP contribution in [0.3, 0.4) is 0 Å². The molecule has 5 amide bonds. The number of nitrogens with one attached hydrogen (secondary N) is 1. The van der Waals surface area contributed by atoms with Crippen LogP contribution in [0.4, 0.5) is 4.79 Å². The van der Waals surface area contributed by atoms with Crippen molar-refractivity contribution in [1.82, 2.24) is 15.1 Å². The molecule has 0 aromatic carbocycles. The van der Waals surface area contributed by atoms with Crippen molar-refractivity contribution in [2.24, 2.45) is 4.99 Å². The van der Waals surface area contributed by atoms with Gasteiger partial charge >= 0.3 is 17.6 Å². The van der Waals surface area contributed by atoms with E-state index in [2.05, 4.69) is 22.9 Å². The van der Waals surface area contributed by atoms with Crippen LogP contribution in [0, 0.1) is 0 Å². The fraction of sp³-hybridized carbons (Fsp3) is 0.688. The Kier molecular flexibility index (Phi) is 28.5. The summed E-state index contributed by atoms with van der Waals surface area (Å²) in [6.07, 6.45) is 13.1. The molecule has 0 radical (unpaired) electrons. The Bertz CT molecular complexity index is 1150. The summed E-state index contributed by atoms with van der Waals surface area (Å²) < 4.78 is 31.6. The average molecular weight is 809 g/mol. The first kappa shape index (κ1) is 49.5. The van der Waals surface area contributed by atoms with Crippen molar-refractivity contribution in [2.45, 2.75) is 63.5 Å². The van der Waals surface area contributed by atoms with E-state index in [0.717, 1.165) is 63.2 Å². The van der Waals surface area contributed by atoms with Crippen molar-refractivity contribution >= 4 is 76.9 Å². The molecule has 0 atom stereocenters. The van der Waals surface area contributed by atoms with Gasteiger partial charge in [-0.15, -0.1) is 0 Å². The number of thioether (sulfide) groups is 1. The molecule has 1 N–H and O–H groups in total. The van der Waals surface area contributed by atoms with Gasteiger partial charge in [0.2, 0.25) is 6.08 Å². The fourth-order valence-corrected chi connectivity index (χ4v) is 9.50. The molecule has 2 aliphatic heterocycles. The van der Waals surface area contributed by atoms with Gasteiger partial charge in [-0.3, -0.25) is 33.8 Å². The molecular formula is C32H56N4O12S2Si2. The summed E-state index contributed by atoms with van der Waals surface area (Å²) in [6.45, 7) is 1.91. The van der Waals surface area contributed by atoms with Crippen LogP contribution >= 0.6 is 24.4 Å².